The molecule has 0 aliphatic rings. The number of carbonyl (C=O) groups is 3. The van der Waals surface area contributed by atoms with E-state index in [-0.39, 0.29) is 23.8 Å². The summed E-state index contributed by atoms with van der Waals surface area (Å²) in [6.45, 7) is 1.98. The summed E-state index contributed by atoms with van der Waals surface area (Å²) in [7, 11) is 1.35. The van der Waals surface area contributed by atoms with E-state index < -0.39 is 12.0 Å². The Morgan fingerprint density at radius 3 is 2.43 bits per heavy atom. The summed E-state index contributed by atoms with van der Waals surface area (Å²) in [5, 5.41) is 16.6. The summed E-state index contributed by atoms with van der Waals surface area (Å²) >= 11 is 0. The standard InChI is InChI=1S/C13H17N3O5/c1-8(17)14-5-6-15-13(20)16-9-3-4-10(12(18)19)11(7-9)21-2/h3-4,7H,5-6H2,1-2H3,(H,14,17)(H,18,19)(H2,15,16,20). The van der Waals surface area contributed by atoms with Crippen molar-refractivity contribution in [2.24, 2.45) is 0 Å². The van der Waals surface area contributed by atoms with E-state index in [2.05, 4.69) is 16.0 Å². The second-order valence-electron chi connectivity index (χ2n) is 4.08. The van der Waals surface area contributed by atoms with Crippen LogP contribution in [0.1, 0.15) is 17.3 Å². The van der Waals surface area contributed by atoms with E-state index in [0.29, 0.717) is 12.2 Å². The van der Waals surface area contributed by atoms with Crippen LogP contribution in [0.5, 0.6) is 5.75 Å². The molecule has 4 N–H and O–H groups in total. The van der Waals surface area contributed by atoms with Gasteiger partial charge in [0.15, 0.2) is 0 Å². The molecular formula is C13H17N3O5. The van der Waals surface area contributed by atoms with Crippen LogP contribution >= 0.6 is 0 Å². The van der Waals surface area contributed by atoms with Gasteiger partial charge in [-0.05, 0) is 12.1 Å². The highest BCUT2D eigenvalue weighted by molar-refractivity contribution is 5.94. The molecule has 0 fully saturated rings. The van der Waals surface area contributed by atoms with Gasteiger partial charge in [-0.15, -0.1) is 0 Å². The van der Waals surface area contributed by atoms with Gasteiger partial charge in [-0.25, -0.2) is 9.59 Å². The Balaban J connectivity index is 2.56. The lowest BCUT2D eigenvalue weighted by Crippen LogP contribution is -2.36. The first-order valence-electron chi connectivity index (χ1n) is 6.14. The lowest BCUT2D eigenvalue weighted by atomic mass is 10.2. The number of carboxylic acids is 1. The van der Waals surface area contributed by atoms with Crippen LogP contribution in [0.25, 0.3) is 0 Å². The van der Waals surface area contributed by atoms with Gasteiger partial charge in [0.25, 0.3) is 0 Å². The van der Waals surface area contributed by atoms with Gasteiger partial charge in [0.05, 0.1) is 7.11 Å². The minimum absolute atomic E-state index is 0.00844. The minimum atomic E-state index is -1.11. The minimum Gasteiger partial charge on any atom is -0.496 e. The fraction of sp³-hybridized carbons (Fsp3) is 0.308. The predicted molar refractivity (Wildman–Crippen MR) is 75.7 cm³/mol. The number of ether oxygens (including phenoxy) is 1. The van der Waals surface area contributed by atoms with Crippen molar-refractivity contribution in [3.63, 3.8) is 0 Å². The molecule has 0 atom stereocenters. The number of carbonyl (C=O) groups excluding carboxylic acids is 2. The second-order valence-corrected chi connectivity index (χ2v) is 4.08. The van der Waals surface area contributed by atoms with Crippen molar-refractivity contribution in [3.05, 3.63) is 23.8 Å². The smallest absolute Gasteiger partial charge is 0.339 e. The van der Waals surface area contributed by atoms with Gasteiger partial charge in [-0.2, -0.15) is 0 Å². The number of methoxy groups -OCH3 is 1. The van der Waals surface area contributed by atoms with Crippen LogP contribution in [-0.2, 0) is 4.79 Å². The van der Waals surface area contributed by atoms with Crippen LogP contribution in [0.2, 0.25) is 0 Å². The first-order chi connectivity index (χ1) is 9.93. The molecule has 0 saturated carbocycles. The molecular weight excluding hydrogens is 278 g/mol. The molecule has 114 valence electrons. The SMILES string of the molecule is COc1cc(NC(=O)NCCNC(C)=O)ccc1C(=O)O. The number of carboxylic acid groups (broad SMARTS) is 1. The predicted octanol–water partition coefficient (Wildman–Crippen LogP) is 0.651. The van der Waals surface area contributed by atoms with E-state index in [9.17, 15) is 14.4 Å². The van der Waals surface area contributed by atoms with Crippen molar-refractivity contribution < 1.29 is 24.2 Å². The third-order valence-electron chi connectivity index (χ3n) is 2.47. The first-order valence-corrected chi connectivity index (χ1v) is 6.14. The van der Waals surface area contributed by atoms with Crippen LogP contribution in [0.4, 0.5) is 10.5 Å². The number of benzene rings is 1. The number of rotatable bonds is 6. The number of nitrogens with one attached hydrogen (secondary N) is 3. The monoisotopic (exact) mass is 295 g/mol. The maximum absolute atomic E-state index is 11.6. The Morgan fingerprint density at radius 2 is 1.86 bits per heavy atom. The molecule has 1 aromatic rings. The molecule has 1 aromatic carbocycles. The van der Waals surface area contributed by atoms with Crippen LogP contribution in [0.3, 0.4) is 0 Å². The highest BCUT2D eigenvalue weighted by Gasteiger charge is 2.12. The molecule has 0 spiro atoms. The summed E-state index contributed by atoms with van der Waals surface area (Å²) in [4.78, 5) is 33.1. The molecule has 0 bridgehead atoms. The fourth-order valence-electron chi connectivity index (χ4n) is 1.54. The fourth-order valence-corrected chi connectivity index (χ4v) is 1.54. The van der Waals surface area contributed by atoms with E-state index in [4.69, 9.17) is 9.84 Å². The Morgan fingerprint density at radius 1 is 1.19 bits per heavy atom. The maximum atomic E-state index is 11.6. The zero-order chi connectivity index (χ0) is 15.8. The Hall–Kier alpha value is -2.77. The third kappa shape index (κ3) is 5.39. The Kier molecular flexibility index (Phi) is 5.99. The van der Waals surface area contributed by atoms with E-state index >= 15 is 0 Å². The Labute approximate surface area is 121 Å². The van der Waals surface area contributed by atoms with Crippen LogP contribution in [0.15, 0.2) is 18.2 Å². The largest absolute Gasteiger partial charge is 0.496 e. The number of anilines is 1. The van der Waals surface area contributed by atoms with E-state index in [1.165, 1.54) is 32.2 Å². The quantitative estimate of drug-likeness (QED) is 0.575. The molecule has 0 aliphatic heterocycles. The van der Waals surface area contributed by atoms with Gasteiger partial charge in [0.1, 0.15) is 11.3 Å². The zero-order valence-electron chi connectivity index (χ0n) is 11.7. The van der Waals surface area contributed by atoms with Crippen LogP contribution < -0.4 is 20.7 Å². The van der Waals surface area contributed by atoms with Crippen molar-refractivity contribution >= 4 is 23.6 Å². The zero-order valence-corrected chi connectivity index (χ0v) is 11.7. The van der Waals surface area contributed by atoms with Crippen molar-refractivity contribution in [2.45, 2.75) is 6.92 Å². The number of hydrogen-bond acceptors (Lipinski definition) is 4. The molecule has 21 heavy (non-hydrogen) atoms. The molecule has 0 unspecified atom stereocenters. The number of aromatic carboxylic acids is 1. The molecule has 8 nitrogen and oxygen atoms in total. The summed E-state index contributed by atoms with van der Waals surface area (Å²) in [6.07, 6.45) is 0. The van der Waals surface area contributed by atoms with Gasteiger partial charge in [-0.3, -0.25) is 4.79 Å². The number of hydrogen-bond donors (Lipinski definition) is 4. The lowest BCUT2D eigenvalue weighted by Gasteiger charge is -2.10. The molecule has 0 radical (unpaired) electrons. The van der Waals surface area contributed by atoms with E-state index in [1.807, 2.05) is 0 Å². The van der Waals surface area contributed by atoms with Crippen molar-refractivity contribution in [1.29, 1.82) is 0 Å². The van der Waals surface area contributed by atoms with Crippen molar-refractivity contribution in [1.82, 2.24) is 10.6 Å². The molecule has 0 aliphatic carbocycles. The normalized spacial score (nSPS) is 9.62. The third-order valence-corrected chi connectivity index (χ3v) is 2.47. The lowest BCUT2D eigenvalue weighted by molar-refractivity contribution is -0.118. The van der Waals surface area contributed by atoms with Crippen LogP contribution in [-0.4, -0.2) is 43.2 Å². The average molecular weight is 295 g/mol. The van der Waals surface area contributed by atoms with E-state index in [1.54, 1.807) is 0 Å². The number of amides is 3. The van der Waals surface area contributed by atoms with Crippen molar-refractivity contribution in [2.75, 3.05) is 25.5 Å². The molecule has 0 saturated heterocycles. The summed E-state index contributed by atoms with van der Waals surface area (Å²) in [6, 6.07) is 3.75. The molecule has 0 heterocycles. The highest BCUT2D eigenvalue weighted by Crippen LogP contribution is 2.23. The maximum Gasteiger partial charge on any atom is 0.339 e. The second kappa shape index (κ2) is 7.73. The first kappa shape index (κ1) is 16.3. The van der Waals surface area contributed by atoms with Crippen molar-refractivity contribution in [3.8, 4) is 5.75 Å². The molecule has 8 heteroatoms. The highest BCUT2D eigenvalue weighted by atomic mass is 16.5. The van der Waals surface area contributed by atoms with Gasteiger partial charge < -0.3 is 25.8 Å². The van der Waals surface area contributed by atoms with Gasteiger partial charge in [0, 0.05) is 31.8 Å². The van der Waals surface area contributed by atoms with Gasteiger partial charge in [0.2, 0.25) is 5.91 Å². The van der Waals surface area contributed by atoms with Gasteiger partial charge in [-0.1, -0.05) is 0 Å². The summed E-state index contributed by atoms with van der Waals surface area (Å²) < 4.78 is 4.95. The summed E-state index contributed by atoms with van der Waals surface area (Å²) in [5.74, 6) is -1.14. The summed E-state index contributed by atoms with van der Waals surface area (Å²) in [5.41, 5.74) is 0.406. The molecule has 0 aromatic heterocycles. The molecule has 1 rings (SSSR count). The van der Waals surface area contributed by atoms with Gasteiger partial charge >= 0.3 is 12.0 Å². The van der Waals surface area contributed by atoms with Crippen LogP contribution in [0, 0.1) is 0 Å². The number of urea groups is 1. The Bertz CT molecular complexity index is 545. The average Bonchev–Trinajstić information content (AvgIpc) is 2.43. The molecule has 3 amide bonds. The topological polar surface area (TPSA) is 117 Å². The van der Waals surface area contributed by atoms with E-state index in [0.717, 1.165) is 0 Å².